The fourth-order valence-electron chi connectivity index (χ4n) is 1.02. The third-order valence-corrected chi connectivity index (χ3v) is 3.20. The number of rotatable bonds is 3. The van der Waals surface area contributed by atoms with Crippen molar-refractivity contribution < 1.29 is 26.0 Å². The summed E-state index contributed by atoms with van der Waals surface area (Å²) in [7, 11) is -4.40. The quantitative estimate of drug-likeness (QED) is 0.642. The van der Waals surface area contributed by atoms with Crippen molar-refractivity contribution in [3.8, 4) is 0 Å². The molecule has 17 heavy (non-hydrogen) atoms. The molecule has 1 aromatic carbocycles. The van der Waals surface area contributed by atoms with Crippen LogP contribution < -0.4 is 10.5 Å². The molecule has 0 saturated heterocycles. The van der Waals surface area contributed by atoms with Crippen molar-refractivity contribution >= 4 is 15.7 Å². The molecule has 0 bridgehead atoms. The first-order valence-electron chi connectivity index (χ1n) is 4.23. The minimum atomic E-state index is -4.68. The van der Waals surface area contributed by atoms with Gasteiger partial charge in [0.1, 0.15) is 17.3 Å². The number of halogens is 4. The molecule has 0 amide bonds. The maximum atomic E-state index is 12.6. The molecule has 0 aliphatic rings. The van der Waals surface area contributed by atoms with Crippen LogP contribution in [0.2, 0.25) is 0 Å². The number of benzene rings is 1. The summed E-state index contributed by atoms with van der Waals surface area (Å²) in [6, 6.07) is 2.30. The lowest BCUT2D eigenvalue weighted by Crippen LogP contribution is -2.34. The van der Waals surface area contributed by atoms with Crippen LogP contribution in [0.1, 0.15) is 0 Å². The van der Waals surface area contributed by atoms with Gasteiger partial charge < -0.3 is 5.73 Å². The first-order valence-corrected chi connectivity index (χ1v) is 5.71. The molecule has 0 saturated carbocycles. The van der Waals surface area contributed by atoms with E-state index >= 15 is 0 Å². The largest absolute Gasteiger partial charge is 0.402 e. The Morgan fingerprint density at radius 3 is 2.35 bits per heavy atom. The molecule has 3 N–H and O–H groups in total. The number of nitrogens with two attached hydrogens (primary N) is 1. The van der Waals surface area contributed by atoms with Crippen molar-refractivity contribution in [2.45, 2.75) is 11.1 Å². The Hall–Kier alpha value is -1.35. The zero-order chi connectivity index (χ0) is 13.3. The highest BCUT2D eigenvalue weighted by molar-refractivity contribution is 7.89. The summed E-state index contributed by atoms with van der Waals surface area (Å²) in [6.07, 6.45) is -4.68. The van der Waals surface area contributed by atoms with Crippen LogP contribution in [0.25, 0.3) is 0 Å². The summed E-state index contributed by atoms with van der Waals surface area (Å²) >= 11 is 0. The lowest BCUT2D eigenvalue weighted by molar-refractivity contribution is -0.121. The second kappa shape index (κ2) is 4.49. The number of nitrogens with one attached hydrogen (secondary N) is 1. The van der Waals surface area contributed by atoms with Gasteiger partial charge in [0.2, 0.25) is 10.0 Å². The minimum Gasteiger partial charge on any atom is -0.398 e. The molecule has 1 aromatic rings. The van der Waals surface area contributed by atoms with Crippen molar-refractivity contribution in [1.82, 2.24) is 4.72 Å². The van der Waals surface area contributed by atoms with Gasteiger partial charge in [-0.3, -0.25) is 0 Å². The Kier molecular flexibility index (Phi) is 3.62. The monoisotopic (exact) mass is 272 g/mol. The van der Waals surface area contributed by atoms with Crippen LogP contribution >= 0.6 is 0 Å². The summed E-state index contributed by atoms with van der Waals surface area (Å²) < 4.78 is 72.3. The number of hydrogen-bond acceptors (Lipinski definition) is 3. The van der Waals surface area contributed by atoms with Crippen LogP contribution in [0.3, 0.4) is 0 Å². The molecule has 0 aliphatic heterocycles. The van der Waals surface area contributed by atoms with Gasteiger partial charge in [-0.15, -0.1) is 0 Å². The number of anilines is 1. The highest BCUT2D eigenvalue weighted by Gasteiger charge is 2.30. The molecule has 1 rings (SSSR count). The maximum Gasteiger partial charge on any atom is 0.402 e. The lowest BCUT2D eigenvalue weighted by atomic mass is 10.3. The Morgan fingerprint density at radius 1 is 1.29 bits per heavy atom. The summed E-state index contributed by atoms with van der Waals surface area (Å²) in [5, 5.41) is 0. The summed E-state index contributed by atoms with van der Waals surface area (Å²) in [5.41, 5.74) is 4.75. The molecule has 4 nitrogen and oxygen atoms in total. The third kappa shape index (κ3) is 3.86. The Balaban J connectivity index is 2.98. The lowest BCUT2D eigenvalue weighted by Gasteiger charge is -2.10. The Morgan fingerprint density at radius 2 is 1.88 bits per heavy atom. The van der Waals surface area contributed by atoms with Crippen LogP contribution in [0.5, 0.6) is 0 Å². The van der Waals surface area contributed by atoms with E-state index < -0.39 is 39.1 Å². The molecule has 0 aromatic heterocycles. The molecule has 0 atom stereocenters. The van der Waals surface area contributed by atoms with Gasteiger partial charge >= 0.3 is 6.18 Å². The van der Waals surface area contributed by atoms with Gasteiger partial charge in [0.15, 0.2) is 0 Å². The summed E-state index contributed by atoms with van der Waals surface area (Å²) in [4.78, 5) is -0.594. The first kappa shape index (κ1) is 13.7. The third-order valence-electron chi connectivity index (χ3n) is 1.72. The van der Waals surface area contributed by atoms with Gasteiger partial charge in [-0.05, 0) is 18.2 Å². The van der Waals surface area contributed by atoms with Gasteiger partial charge in [-0.2, -0.15) is 13.2 Å². The average molecular weight is 272 g/mol. The minimum absolute atomic E-state index is 0.459. The Labute approximate surface area is 94.5 Å². The number of hydrogen-bond donors (Lipinski definition) is 2. The van der Waals surface area contributed by atoms with E-state index in [0.29, 0.717) is 6.07 Å². The van der Waals surface area contributed by atoms with Crippen molar-refractivity contribution in [1.29, 1.82) is 0 Å². The van der Waals surface area contributed by atoms with Gasteiger partial charge in [0.05, 0.1) is 5.69 Å². The van der Waals surface area contributed by atoms with Gasteiger partial charge in [0.25, 0.3) is 0 Å². The molecular formula is C8H8F4N2O2S. The van der Waals surface area contributed by atoms with Crippen molar-refractivity contribution in [2.24, 2.45) is 0 Å². The number of nitrogen functional groups attached to an aromatic ring is 1. The predicted octanol–water partition coefficient (Wildman–Crippen LogP) is 1.25. The average Bonchev–Trinajstić information content (AvgIpc) is 2.13. The molecule has 9 heteroatoms. The van der Waals surface area contributed by atoms with Crippen LogP contribution in [-0.2, 0) is 10.0 Å². The van der Waals surface area contributed by atoms with E-state index in [4.69, 9.17) is 5.73 Å². The fraction of sp³-hybridized carbons (Fsp3) is 0.250. The zero-order valence-corrected chi connectivity index (χ0v) is 9.07. The van der Waals surface area contributed by atoms with E-state index in [2.05, 4.69) is 0 Å². The molecule has 96 valence electrons. The van der Waals surface area contributed by atoms with E-state index in [1.54, 1.807) is 0 Å². The van der Waals surface area contributed by atoms with Crippen LogP contribution in [0.15, 0.2) is 23.1 Å². The first-order chi connectivity index (χ1) is 7.62. The maximum absolute atomic E-state index is 12.6. The van der Waals surface area contributed by atoms with Crippen LogP contribution in [-0.4, -0.2) is 21.1 Å². The van der Waals surface area contributed by atoms with Crippen molar-refractivity contribution in [3.63, 3.8) is 0 Å². The summed E-state index contributed by atoms with van der Waals surface area (Å²) in [6.45, 7) is -1.72. The molecular weight excluding hydrogens is 264 g/mol. The second-order valence-electron chi connectivity index (χ2n) is 3.12. The summed E-state index contributed by atoms with van der Waals surface area (Å²) in [5.74, 6) is -0.780. The smallest absolute Gasteiger partial charge is 0.398 e. The normalized spacial score (nSPS) is 12.7. The predicted molar refractivity (Wildman–Crippen MR) is 52.1 cm³/mol. The fourth-order valence-corrected chi connectivity index (χ4v) is 2.14. The van der Waals surface area contributed by atoms with Gasteiger partial charge in [0, 0.05) is 0 Å². The van der Waals surface area contributed by atoms with E-state index in [1.807, 2.05) is 0 Å². The van der Waals surface area contributed by atoms with Gasteiger partial charge in [-0.1, -0.05) is 0 Å². The van der Waals surface area contributed by atoms with Gasteiger partial charge in [-0.25, -0.2) is 17.5 Å². The SMILES string of the molecule is Nc1cc(F)ccc1S(=O)(=O)NCC(F)(F)F. The molecule has 0 spiro atoms. The molecule has 0 aliphatic carbocycles. The van der Waals surface area contributed by atoms with E-state index in [1.165, 1.54) is 4.72 Å². The van der Waals surface area contributed by atoms with Crippen molar-refractivity contribution in [3.05, 3.63) is 24.0 Å². The van der Waals surface area contributed by atoms with Crippen LogP contribution in [0.4, 0.5) is 23.2 Å². The topological polar surface area (TPSA) is 72.2 Å². The number of alkyl halides is 3. The zero-order valence-electron chi connectivity index (χ0n) is 8.25. The molecule has 0 unspecified atom stereocenters. The van der Waals surface area contributed by atoms with E-state index in [9.17, 15) is 26.0 Å². The standard InChI is InChI=1S/C8H8F4N2O2S/c9-5-1-2-7(6(13)3-5)17(15,16)14-4-8(10,11)12/h1-3,14H,4,13H2. The van der Waals surface area contributed by atoms with E-state index in [0.717, 1.165) is 12.1 Å². The molecule has 0 fully saturated rings. The van der Waals surface area contributed by atoms with Crippen molar-refractivity contribution in [2.75, 3.05) is 12.3 Å². The second-order valence-corrected chi connectivity index (χ2v) is 4.86. The van der Waals surface area contributed by atoms with E-state index in [-0.39, 0.29) is 0 Å². The highest BCUT2D eigenvalue weighted by Crippen LogP contribution is 2.20. The highest BCUT2D eigenvalue weighted by atomic mass is 32.2. The van der Waals surface area contributed by atoms with Crippen LogP contribution in [0, 0.1) is 5.82 Å². The molecule has 0 heterocycles. The Bertz CT molecular complexity index is 513. The number of sulfonamides is 1. The molecule has 0 radical (unpaired) electrons.